The van der Waals surface area contributed by atoms with E-state index < -0.39 is 5.41 Å². The van der Waals surface area contributed by atoms with E-state index >= 15 is 0 Å². The van der Waals surface area contributed by atoms with Crippen LogP contribution < -0.4 is 0 Å². The summed E-state index contributed by atoms with van der Waals surface area (Å²) < 4.78 is 3.56. The van der Waals surface area contributed by atoms with E-state index in [4.69, 9.17) is 6.58 Å². The average Bonchev–Trinajstić information content (AvgIpc) is 3.61. The van der Waals surface area contributed by atoms with Gasteiger partial charge < -0.3 is 4.57 Å². The molecule has 0 bridgehead atoms. The van der Waals surface area contributed by atoms with Gasteiger partial charge in [-0.1, -0.05) is 192 Å². The highest BCUT2D eigenvalue weighted by Crippen LogP contribution is 2.49. The summed E-state index contributed by atoms with van der Waals surface area (Å²) in [6.07, 6.45) is 9.56. The molecule has 0 saturated heterocycles. The van der Waals surface area contributed by atoms with Crippen LogP contribution in [0.2, 0.25) is 0 Å². The summed E-state index contributed by atoms with van der Waals surface area (Å²) in [6.45, 7) is 4.83. The molecule has 1 aliphatic rings. The van der Waals surface area contributed by atoms with Gasteiger partial charge in [-0.25, -0.2) is 0 Å². The second kappa shape index (κ2) is 14.0. The largest absolute Gasteiger partial charge is 0.309 e. The molecule has 56 heavy (non-hydrogen) atoms. The van der Waals surface area contributed by atoms with Crippen molar-refractivity contribution in [3.8, 4) is 27.9 Å². The summed E-state index contributed by atoms with van der Waals surface area (Å²) in [4.78, 5) is 0. The van der Waals surface area contributed by atoms with Crippen molar-refractivity contribution in [1.82, 2.24) is 4.57 Å². The summed E-state index contributed by atoms with van der Waals surface area (Å²) in [6, 6.07) is 66.6. The number of halogens is 1. The molecule has 0 saturated carbocycles. The zero-order valence-corrected chi connectivity index (χ0v) is 32.5. The molecule has 0 unspecified atom stereocenters. The van der Waals surface area contributed by atoms with Gasteiger partial charge in [-0.05, 0) is 104 Å². The fraction of sp³-hybridized carbons (Fsp3) is 0.0370. The van der Waals surface area contributed by atoms with Gasteiger partial charge >= 0.3 is 0 Å². The van der Waals surface area contributed by atoms with Crippen LogP contribution in [-0.4, -0.2) is 4.57 Å². The van der Waals surface area contributed by atoms with E-state index in [1.165, 1.54) is 77.1 Å². The molecule has 2 heteroatoms. The van der Waals surface area contributed by atoms with Gasteiger partial charge in [-0.3, -0.25) is 0 Å². The number of rotatable bonds is 5. The van der Waals surface area contributed by atoms with Gasteiger partial charge in [-0.15, -0.1) is 0 Å². The van der Waals surface area contributed by atoms with Crippen LogP contribution in [0.25, 0.3) is 60.5 Å². The Kier molecular flexibility index (Phi) is 8.50. The van der Waals surface area contributed by atoms with E-state index in [2.05, 4.69) is 227 Å². The lowest BCUT2D eigenvalue weighted by atomic mass is 9.63. The molecule has 1 heterocycles. The van der Waals surface area contributed by atoms with Gasteiger partial charge in [0.05, 0.1) is 16.4 Å². The highest BCUT2D eigenvalue weighted by molar-refractivity contribution is 9.10. The minimum Gasteiger partial charge on any atom is -0.309 e. The molecular weight excluding hydrogens is 743 g/mol. The summed E-state index contributed by atoms with van der Waals surface area (Å²) in [7, 11) is 0. The lowest BCUT2D eigenvalue weighted by molar-refractivity contribution is 0.736. The zero-order chi connectivity index (χ0) is 37.6. The number of aromatic nitrogens is 1. The normalized spacial score (nSPS) is 14.9. The quantitative estimate of drug-likeness (QED) is 0.164. The second-order valence-electron chi connectivity index (χ2n) is 14.6. The Morgan fingerprint density at radius 2 is 1.18 bits per heavy atom. The maximum Gasteiger partial charge on any atom is 0.0699 e. The molecule has 0 N–H and O–H groups in total. The fourth-order valence-corrected chi connectivity index (χ4v) is 9.45. The van der Waals surface area contributed by atoms with Crippen molar-refractivity contribution < 1.29 is 0 Å². The van der Waals surface area contributed by atoms with E-state index in [1.54, 1.807) is 0 Å². The lowest BCUT2D eigenvalue weighted by Crippen LogP contribution is -2.32. The van der Waals surface area contributed by atoms with E-state index in [0.717, 1.165) is 22.2 Å². The van der Waals surface area contributed by atoms with Crippen LogP contribution in [-0.2, 0) is 11.8 Å². The first-order valence-electron chi connectivity index (χ1n) is 19.2. The Morgan fingerprint density at radius 3 is 1.91 bits per heavy atom. The lowest BCUT2D eigenvalue weighted by Gasteiger charge is -2.38. The molecule has 9 aromatic rings. The third-order valence-corrected chi connectivity index (χ3v) is 12.1. The SMILES string of the molecule is C=C1/C=C\C=C/Cc2ccc(-n3c4ccccc4c4c5ccccc5c(-c5ccc(-c6cccc(Br)c6)cc5)cc43)cc2C1(c1ccccc1)c1ccccc1. The molecule has 1 aliphatic carbocycles. The predicted octanol–water partition coefficient (Wildman–Crippen LogP) is 14.6. The number of hydrogen-bond donors (Lipinski definition) is 0. The van der Waals surface area contributed by atoms with Crippen molar-refractivity contribution in [2.24, 2.45) is 0 Å². The third-order valence-electron chi connectivity index (χ3n) is 11.6. The summed E-state index contributed by atoms with van der Waals surface area (Å²) in [5, 5.41) is 5.00. The van der Waals surface area contributed by atoms with Gasteiger partial charge in [0.25, 0.3) is 0 Å². The zero-order valence-electron chi connectivity index (χ0n) is 30.9. The van der Waals surface area contributed by atoms with Crippen molar-refractivity contribution in [2.75, 3.05) is 0 Å². The molecule has 0 atom stereocenters. The molecule has 0 fully saturated rings. The number of fused-ring (bicyclic) bond motifs is 6. The average molecular weight is 781 g/mol. The molecule has 0 spiro atoms. The maximum absolute atomic E-state index is 4.83. The Morgan fingerprint density at radius 1 is 0.518 bits per heavy atom. The Labute approximate surface area is 336 Å². The van der Waals surface area contributed by atoms with Gasteiger partial charge in [0.15, 0.2) is 0 Å². The first kappa shape index (κ1) is 34.0. The predicted molar refractivity (Wildman–Crippen MR) is 241 cm³/mol. The molecule has 1 aromatic heterocycles. The highest BCUT2D eigenvalue weighted by atomic mass is 79.9. The van der Waals surface area contributed by atoms with Gasteiger partial charge in [0.2, 0.25) is 0 Å². The van der Waals surface area contributed by atoms with Crippen LogP contribution in [0.3, 0.4) is 0 Å². The van der Waals surface area contributed by atoms with Gasteiger partial charge in [0, 0.05) is 20.9 Å². The fourth-order valence-electron chi connectivity index (χ4n) is 9.06. The van der Waals surface area contributed by atoms with E-state index in [-0.39, 0.29) is 0 Å². The van der Waals surface area contributed by atoms with Gasteiger partial charge in [0.1, 0.15) is 0 Å². The molecule has 1 nitrogen and oxygen atoms in total. The monoisotopic (exact) mass is 779 g/mol. The summed E-state index contributed by atoms with van der Waals surface area (Å²) >= 11 is 3.65. The maximum atomic E-state index is 4.83. The number of benzene rings is 8. The Bertz CT molecular complexity index is 2960. The second-order valence-corrected chi connectivity index (χ2v) is 15.6. The molecular formula is C54H38BrN. The molecule has 0 amide bonds. The van der Waals surface area contributed by atoms with E-state index in [9.17, 15) is 0 Å². The van der Waals surface area contributed by atoms with Crippen LogP contribution in [0.15, 0.2) is 223 Å². The smallest absolute Gasteiger partial charge is 0.0699 e. The van der Waals surface area contributed by atoms with E-state index in [0.29, 0.717) is 0 Å². The number of para-hydroxylation sites is 1. The van der Waals surface area contributed by atoms with Crippen molar-refractivity contribution in [3.05, 3.63) is 245 Å². The molecule has 8 aromatic carbocycles. The van der Waals surface area contributed by atoms with Crippen molar-refractivity contribution >= 4 is 48.5 Å². The van der Waals surface area contributed by atoms with Gasteiger partial charge in [-0.2, -0.15) is 0 Å². The van der Waals surface area contributed by atoms with Crippen LogP contribution in [0.4, 0.5) is 0 Å². The first-order valence-corrected chi connectivity index (χ1v) is 20.0. The molecule has 10 rings (SSSR count). The van der Waals surface area contributed by atoms with Crippen molar-refractivity contribution in [3.63, 3.8) is 0 Å². The number of allylic oxidation sites excluding steroid dienone is 5. The molecule has 0 radical (unpaired) electrons. The van der Waals surface area contributed by atoms with Crippen LogP contribution in [0.1, 0.15) is 22.3 Å². The van der Waals surface area contributed by atoms with Crippen LogP contribution >= 0.6 is 15.9 Å². The van der Waals surface area contributed by atoms with Crippen LogP contribution in [0, 0.1) is 0 Å². The Balaban J connectivity index is 1.26. The number of hydrogen-bond acceptors (Lipinski definition) is 0. The summed E-state index contributed by atoms with van der Waals surface area (Å²) in [5.74, 6) is 0. The minimum atomic E-state index is -0.622. The first-order chi connectivity index (χ1) is 27.6. The molecule has 0 aliphatic heterocycles. The van der Waals surface area contributed by atoms with Crippen molar-refractivity contribution in [1.29, 1.82) is 0 Å². The molecule has 266 valence electrons. The Hall–Kier alpha value is -6.48. The number of nitrogens with zero attached hydrogens (tertiary/aromatic N) is 1. The minimum absolute atomic E-state index is 0.622. The van der Waals surface area contributed by atoms with Crippen molar-refractivity contribution in [2.45, 2.75) is 11.8 Å². The topological polar surface area (TPSA) is 4.93 Å². The standard InChI is InChI=1S/C54H38BrN/c1-37-16-5-2-6-17-40-32-33-45(35-50(40)54(37,42-19-7-3-8-20-42)43-21-9-4-10-22-43)56-51-27-14-13-26-48(51)53-47-25-12-11-24-46(47)49(36-52(53)56)39-30-28-38(29-31-39)41-18-15-23-44(55)34-41/h2-16,18-36H,1,17H2/b6-2-,16-5-. The van der Waals surface area contributed by atoms with E-state index in [1.807, 2.05) is 0 Å². The van der Waals surface area contributed by atoms with Crippen LogP contribution in [0.5, 0.6) is 0 Å². The summed E-state index contributed by atoms with van der Waals surface area (Å²) in [5.41, 5.74) is 13.6. The highest BCUT2D eigenvalue weighted by Gasteiger charge is 2.40. The third kappa shape index (κ3) is 5.52.